The second-order valence-corrected chi connectivity index (χ2v) is 38.3. The molecule has 0 N–H and O–H groups in total. The van der Waals surface area contributed by atoms with Crippen LogP contribution in [0.3, 0.4) is 0 Å². The van der Waals surface area contributed by atoms with Crippen LogP contribution in [-0.2, 0) is 69.6 Å². The summed E-state index contributed by atoms with van der Waals surface area (Å²) in [5.41, 5.74) is 22.1. The van der Waals surface area contributed by atoms with E-state index in [4.69, 9.17) is 9.47 Å². The van der Waals surface area contributed by atoms with Gasteiger partial charge in [0, 0.05) is 13.3 Å². The number of benzene rings is 10. The first-order valence-corrected chi connectivity index (χ1v) is 41.0. The summed E-state index contributed by atoms with van der Waals surface area (Å²) in [5.74, 6) is 2.86. The number of hydrogen-bond acceptors (Lipinski definition) is 4. The maximum absolute atomic E-state index is 10.7. The molecule has 0 amide bonds. The summed E-state index contributed by atoms with van der Waals surface area (Å²) in [6.07, 6.45) is 7.25. The Labute approximate surface area is 661 Å². The SMILES string of the molecule is Cc1n(CCCOc2ccc(C(c3ccc(C(C)(C)C)cc3)(c3ccc(C(C)(C)C)cc3)c3ccc(C(C)(C)C)cc3)cc2)cc[n+]1Cc1ccc(-c2ccc(Cn3cc(COc4ccc(C(c5ccc(C(C)(C)C)cc5)(c5ccc(C(C)(C)C)cc5)c5ccc(C(C)(C)C)cc5)cc4)nn3)cc2)cc1.F[P-](F)(F)(F)(F)F. The Bertz CT molecular complexity index is 4840. The predicted octanol–water partition coefficient (Wildman–Crippen LogP) is 26.4. The van der Waals surface area contributed by atoms with Crippen molar-refractivity contribution >= 4 is 7.81 Å². The zero-order valence-corrected chi connectivity index (χ0v) is 69.7. The number of ether oxygens (including phenoxy) is 2. The number of hydrogen-bond donors (Lipinski definition) is 0. The Kier molecular flexibility index (Phi) is 22.9. The van der Waals surface area contributed by atoms with Crippen LogP contribution in [0.2, 0.25) is 0 Å². The van der Waals surface area contributed by atoms with E-state index in [-0.39, 0.29) is 32.5 Å². The maximum atomic E-state index is 9.87. The first-order chi connectivity index (χ1) is 52.1. The molecule has 14 heteroatoms. The molecule has 10 aromatic carbocycles. The summed E-state index contributed by atoms with van der Waals surface area (Å²) in [7, 11) is -10.7. The van der Waals surface area contributed by atoms with Gasteiger partial charge in [0.15, 0.2) is 0 Å². The van der Waals surface area contributed by atoms with Gasteiger partial charge < -0.3 is 9.47 Å². The van der Waals surface area contributed by atoms with Crippen molar-refractivity contribution in [1.82, 2.24) is 19.6 Å². The Balaban J connectivity index is 0.00000169. The molecule has 0 fully saturated rings. The number of aryl methyl sites for hydroxylation is 1. The molecule has 0 radical (unpaired) electrons. The molecular formula is C98H112F6N5O2P. The molecule has 0 unspecified atom stereocenters. The Hall–Kier alpha value is -9.84. The molecule has 12 aromatic rings. The van der Waals surface area contributed by atoms with Gasteiger partial charge in [-0.25, -0.2) is 13.8 Å². The van der Waals surface area contributed by atoms with Crippen LogP contribution >= 0.6 is 7.81 Å². The second kappa shape index (κ2) is 30.9. The summed E-state index contributed by atoms with van der Waals surface area (Å²) in [4.78, 5) is 0. The number of halogens is 6. The minimum atomic E-state index is -10.7. The van der Waals surface area contributed by atoms with Crippen LogP contribution in [0.1, 0.15) is 232 Å². The molecule has 12 rings (SSSR count). The summed E-state index contributed by atoms with van der Waals surface area (Å²) in [6, 6.07) is 91.4. The van der Waals surface area contributed by atoms with Gasteiger partial charge in [-0.05, 0) is 157 Å². The molecule has 0 aliphatic carbocycles. The number of rotatable bonds is 21. The van der Waals surface area contributed by atoms with Gasteiger partial charge in [-0.1, -0.05) is 348 Å². The van der Waals surface area contributed by atoms with E-state index in [2.05, 4.69) is 406 Å². The van der Waals surface area contributed by atoms with E-state index in [1.807, 2.05) is 10.9 Å². The Morgan fingerprint density at radius 3 is 0.911 bits per heavy atom. The average Bonchev–Trinajstić information content (AvgIpc) is 0.861. The fraction of sp³-hybridized carbons (Fsp3) is 0.337. The van der Waals surface area contributed by atoms with Gasteiger partial charge in [0.1, 0.15) is 42.7 Å². The standard InChI is InChI=1S/C98H112N5O2.F6P/c1-69-101(61-20-64-104-89-57-53-86(54-58-89)97(80-41-29-74(30-42-80)91(2,3)4,81-43-31-75(32-44-81)92(5,6)7)82-45-33-76(34-46-82)93(8,9)10)62-63-102(69)65-70-21-25-72(26-22-70)73-27-23-71(24-28-73)66-103-67-88(99-100-103)68-105-90-59-55-87(56-60-90)98(83-47-35-77(36-48-83)94(11,12)13,84-49-37-78(38-50-84)95(14,15)16)85-51-39-79(40-52-85)96(17,18)19;1-7(2,3,4,5)6/h21-60,62-63,67H,20,61,64-66,68H2,1-19H3;/q+1;-1. The molecule has 0 atom stereocenters. The van der Waals surface area contributed by atoms with Gasteiger partial charge in [0.2, 0.25) is 0 Å². The summed E-state index contributed by atoms with van der Waals surface area (Å²) in [6.45, 7) is 46.5. The van der Waals surface area contributed by atoms with Crippen LogP contribution in [0.5, 0.6) is 11.5 Å². The fourth-order valence-corrected chi connectivity index (χ4v) is 14.9. The number of nitrogens with zero attached hydrogens (tertiary/aromatic N) is 5. The third-order valence-corrected chi connectivity index (χ3v) is 21.7. The van der Waals surface area contributed by atoms with Crippen molar-refractivity contribution in [2.24, 2.45) is 0 Å². The van der Waals surface area contributed by atoms with Gasteiger partial charge in [0.25, 0.3) is 5.82 Å². The normalized spacial score (nSPS) is 13.4. The first kappa shape index (κ1) is 83.1. The van der Waals surface area contributed by atoms with Crippen molar-refractivity contribution in [3.63, 3.8) is 0 Å². The van der Waals surface area contributed by atoms with Crippen LogP contribution in [0, 0.1) is 6.92 Å². The summed E-state index contributed by atoms with van der Waals surface area (Å²) < 4.78 is 78.8. The van der Waals surface area contributed by atoms with Crippen molar-refractivity contribution in [2.75, 3.05) is 6.61 Å². The molecule has 7 nitrogen and oxygen atoms in total. The predicted molar refractivity (Wildman–Crippen MR) is 449 cm³/mol. The summed E-state index contributed by atoms with van der Waals surface area (Å²) >= 11 is 0. The van der Waals surface area contributed by atoms with E-state index >= 15 is 0 Å². The van der Waals surface area contributed by atoms with Crippen molar-refractivity contribution < 1.29 is 39.2 Å². The first-order valence-electron chi connectivity index (χ1n) is 38.9. The number of aromatic nitrogens is 5. The van der Waals surface area contributed by atoms with Crippen molar-refractivity contribution in [2.45, 2.75) is 208 Å². The van der Waals surface area contributed by atoms with Gasteiger partial charge in [-0.3, -0.25) is 0 Å². The molecule has 0 saturated carbocycles. The molecular weight excluding hydrogens is 1420 g/mol. The van der Waals surface area contributed by atoms with E-state index in [1.54, 1.807) is 0 Å². The second-order valence-electron chi connectivity index (χ2n) is 36.4. The average molecular weight is 1540 g/mol. The van der Waals surface area contributed by atoms with E-state index in [0.717, 1.165) is 42.3 Å². The molecule has 0 aliphatic rings. The molecule has 0 spiro atoms. The zero-order chi connectivity index (χ0) is 81.3. The molecule has 2 heterocycles. The fourth-order valence-electron chi connectivity index (χ4n) is 14.9. The Morgan fingerprint density at radius 1 is 0.348 bits per heavy atom. The Morgan fingerprint density at radius 2 is 0.616 bits per heavy atom. The minimum absolute atomic E-state index is 0.0213. The third kappa shape index (κ3) is 20.3. The molecule has 588 valence electrons. The van der Waals surface area contributed by atoms with Gasteiger partial charge in [0.05, 0.1) is 36.7 Å². The molecule has 112 heavy (non-hydrogen) atoms. The van der Waals surface area contributed by atoms with Gasteiger partial charge in [-0.15, -0.1) is 5.10 Å². The number of imidazole rings is 1. The van der Waals surface area contributed by atoms with Crippen molar-refractivity contribution in [3.05, 3.63) is 362 Å². The summed E-state index contributed by atoms with van der Waals surface area (Å²) in [5, 5.41) is 9.06. The molecule has 2 aromatic heterocycles. The topological polar surface area (TPSA) is 58.0 Å². The molecule has 0 aliphatic heterocycles. The quantitative estimate of drug-likeness (QED) is 0.0236. The zero-order valence-electron chi connectivity index (χ0n) is 68.8. The van der Waals surface area contributed by atoms with Crippen LogP contribution in [0.25, 0.3) is 11.1 Å². The van der Waals surface area contributed by atoms with Crippen LogP contribution in [-0.4, -0.2) is 26.2 Å². The van der Waals surface area contributed by atoms with E-state index in [1.165, 1.54) is 100 Å². The van der Waals surface area contributed by atoms with Crippen molar-refractivity contribution in [3.8, 4) is 22.6 Å². The third-order valence-electron chi connectivity index (χ3n) is 21.7. The van der Waals surface area contributed by atoms with Crippen LogP contribution in [0.4, 0.5) is 25.2 Å². The van der Waals surface area contributed by atoms with Crippen LogP contribution < -0.4 is 14.0 Å². The van der Waals surface area contributed by atoms with Gasteiger partial charge >= 0.3 is 33.0 Å². The van der Waals surface area contributed by atoms with Crippen LogP contribution in [0.15, 0.2) is 261 Å². The van der Waals surface area contributed by atoms with E-state index < -0.39 is 18.6 Å². The van der Waals surface area contributed by atoms with E-state index in [0.29, 0.717) is 19.8 Å². The van der Waals surface area contributed by atoms with Gasteiger partial charge in [-0.2, -0.15) is 0 Å². The monoisotopic (exact) mass is 1540 g/mol. The molecule has 0 bridgehead atoms. The van der Waals surface area contributed by atoms with E-state index in [9.17, 15) is 25.2 Å². The van der Waals surface area contributed by atoms with Crippen molar-refractivity contribution in [1.29, 1.82) is 0 Å². The molecule has 0 saturated heterocycles.